The number of carbonyl (C=O) groups excluding carboxylic acids is 2. The number of ether oxygens (including phenoxy) is 1. The van der Waals surface area contributed by atoms with Crippen LogP contribution in [0.25, 0.3) is 27.5 Å². The Kier molecular flexibility index (Phi) is 7.35. The molecular formula is C29H31FN8O3S. The average Bonchev–Trinajstić information content (AvgIpc) is 3.68. The normalized spacial score (nSPS) is 16.1. The zero-order valence-electron chi connectivity index (χ0n) is 23.6. The van der Waals surface area contributed by atoms with Crippen LogP contribution in [0.15, 0.2) is 43.0 Å². The third-order valence-corrected chi connectivity index (χ3v) is 8.17. The van der Waals surface area contributed by atoms with E-state index in [-0.39, 0.29) is 12.1 Å². The van der Waals surface area contributed by atoms with E-state index in [1.165, 1.54) is 23.7 Å². The van der Waals surface area contributed by atoms with Crippen molar-refractivity contribution >= 4 is 28.6 Å². The molecule has 0 unspecified atom stereocenters. The van der Waals surface area contributed by atoms with Crippen LogP contribution in [-0.2, 0) is 17.6 Å². The summed E-state index contributed by atoms with van der Waals surface area (Å²) in [4.78, 5) is 40.9. The van der Waals surface area contributed by atoms with Crippen molar-refractivity contribution in [3.8, 4) is 27.5 Å². The number of amides is 3. The van der Waals surface area contributed by atoms with Crippen LogP contribution in [0.2, 0.25) is 0 Å². The molecule has 42 heavy (non-hydrogen) atoms. The zero-order valence-corrected chi connectivity index (χ0v) is 24.4. The molecular weight excluding hydrogens is 559 g/mol. The topological polar surface area (TPSA) is 127 Å². The minimum Gasteiger partial charge on any atom is -0.444 e. The van der Waals surface area contributed by atoms with Crippen LogP contribution in [0.3, 0.4) is 0 Å². The summed E-state index contributed by atoms with van der Waals surface area (Å²) in [6.45, 7) is 6.38. The minimum atomic E-state index is -0.587. The van der Waals surface area contributed by atoms with Gasteiger partial charge in [0.1, 0.15) is 23.4 Å². The van der Waals surface area contributed by atoms with Gasteiger partial charge in [0.2, 0.25) is 0 Å². The van der Waals surface area contributed by atoms with E-state index in [0.29, 0.717) is 42.4 Å². The van der Waals surface area contributed by atoms with Crippen molar-refractivity contribution in [3.63, 3.8) is 0 Å². The Morgan fingerprint density at radius 1 is 1.17 bits per heavy atom. The first-order chi connectivity index (χ1) is 20.2. The predicted molar refractivity (Wildman–Crippen MR) is 156 cm³/mol. The fraction of sp³-hybridized carbons (Fsp3) is 0.379. The number of urea groups is 1. The second-order valence-corrected chi connectivity index (χ2v) is 12.3. The molecule has 1 atom stereocenters. The fourth-order valence-corrected chi connectivity index (χ4v) is 6.40. The predicted octanol–water partition coefficient (Wildman–Crippen LogP) is 5.21. The van der Waals surface area contributed by atoms with Crippen LogP contribution in [0, 0.1) is 5.82 Å². The zero-order chi connectivity index (χ0) is 29.4. The number of aromatic nitrogens is 5. The van der Waals surface area contributed by atoms with Gasteiger partial charge in [0.25, 0.3) is 0 Å². The minimum absolute atomic E-state index is 0.145. The molecule has 1 aliphatic carbocycles. The number of thiazole rings is 1. The Balaban J connectivity index is 1.23. The van der Waals surface area contributed by atoms with Crippen molar-refractivity contribution < 1.29 is 18.7 Å². The van der Waals surface area contributed by atoms with Gasteiger partial charge in [-0.05, 0) is 58.6 Å². The molecule has 4 heterocycles. The molecule has 218 valence electrons. The number of hydrogen-bond donors (Lipinski definition) is 2. The van der Waals surface area contributed by atoms with E-state index >= 15 is 0 Å². The lowest BCUT2D eigenvalue weighted by Crippen LogP contribution is -2.45. The van der Waals surface area contributed by atoms with Crippen LogP contribution in [-0.4, -0.2) is 66.5 Å². The van der Waals surface area contributed by atoms with Crippen molar-refractivity contribution in [3.05, 3.63) is 60.1 Å². The first-order valence-electron chi connectivity index (χ1n) is 13.8. The summed E-state index contributed by atoms with van der Waals surface area (Å²) in [5.41, 5.74) is 3.65. The van der Waals surface area contributed by atoms with Gasteiger partial charge >= 0.3 is 12.1 Å². The first kappa shape index (κ1) is 27.8. The molecule has 3 aromatic heterocycles. The molecule has 1 fully saturated rings. The van der Waals surface area contributed by atoms with Gasteiger partial charge in [-0.25, -0.2) is 33.6 Å². The number of aryl methyl sites for hydroxylation is 1. The highest BCUT2D eigenvalue weighted by Crippen LogP contribution is 2.44. The molecule has 1 aromatic carbocycles. The molecule has 11 nitrogen and oxygen atoms in total. The number of halogens is 1. The summed E-state index contributed by atoms with van der Waals surface area (Å²) in [5, 5.41) is 11.0. The Hall–Kier alpha value is -4.39. The maximum absolute atomic E-state index is 15.0. The molecule has 2 aliphatic rings. The highest BCUT2D eigenvalue weighted by molar-refractivity contribution is 7.19. The molecule has 0 bridgehead atoms. The molecule has 1 saturated heterocycles. The summed E-state index contributed by atoms with van der Waals surface area (Å²) in [7, 11) is 0. The second kappa shape index (κ2) is 11.1. The number of benzene rings is 1. The molecule has 4 aromatic rings. The SMILES string of the molecule is CC(C)(C)OC(=O)N1CCC[C@H]1CNC(=O)Nc1nc2c(s1)-c1c(c(-c3cncnc3)nn1-c1ccccc1F)CC2. The number of fused-ring (bicyclic) bond motifs is 3. The molecule has 1 aliphatic heterocycles. The van der Waals surface area contributed by atoms with E-state index < -0.39 is 17.4 Å². The van der Waals surface area contributed by atoms with Crippen LogP contribution in [0.1, 0.15) is 44.9 Å². The molecule has 2 N–H and O–H groups in total. The van der Waals surface area contributed by atoms with E-state index in [1.54, 1.807) is 40.2 Å². The van der Waals surface area contributed by atoms with Gasteiger partial charge in [0, 0.05) is 36.6 Å². The quantitative estimate of drug-likeness (QED) is 0.327. The van der Waals surface area contributed by atoms with E-state index in [9.17, 15) is 14.0 Å². The number of nitrogens with zero attached hydrogens (tertiary/aromatic N) is 6. The first-order valence-corrected chi connectivity index (χ1v) is 14.7. The number of rotatable bonds is 5. The van der Waals surface area contributed by atoms with Crippen molar-refractivity contribution in [2.24, 2.45) is 0 Å². The van der Waals surface area contributed by atoms with Gasteiger partial charge in [-0.15, -0.1) is 0 Å². The summed E-state index contributed by atoms with van der Waals surface area (Å²) in [6.07, 6.45) is 7.37. The summed E-state index contributed by atoms with van der Waals surface area (Å²) in [6, 6.07) is 5.92. The lowest BCUT2D eigenvalue weighted by molar-refractivity contribution is 0.0228. The lowest BCUT2D eigenvalue weighted by Gasteiger charge is -2.28. The van der Waals surface area contributed by atoms with Crippen LogP contribution < -0.4 is 10.6 Å². The number of nitrogens with one attached hydrogen (secondary N) is 2. The highest BCUT2D eigenvalue weighted by atomic mass is 32.1. The molecule has 0 saturated carbocycles. The standard InChI is InChI=1S/C29H31FN8O3S/c1-29(2,3)41-28(40)37-12-6-7-18(37)15-33-26(39)35-27-34-21-11-10-19-23(17-13-31-16-32-14-17)36-38(24(19)25(21)42-27)22-9-5-4-8-20(22)30/h4-5,8-9,13-14,16,18H,6-7,10-12,15H2,1-3H3,(H2,33,34,35,39)/t18-/m0/s1. The van der Waals surface area contributed by atoms with Crippen LogP contribution >= 0.6 is 11.3 Å². The summed E-state index contributed by atoms with van der Waals surface area (Å²) in [5.74, 6) is -0.402. The highest BCUT2D eigenvalue weighted by Gasteiger charge is 2.33. The van der Waals surface area contributed by atoms with E-state index in [2.05, 4.69) is 20.6 Å². The van der Waals surface area contributed by atoms with Crippen LogP contribution in [0.5, 0.6) is 0 Å². The Morgan fingerprint density at radius 2 is 1.95 bits per heavy atom. The van der Waals surface area contributed by atoms with Gasteiger partial charge in [-0.3, -0.25) is 5.32 Å². The number of carbonyl (C=O) groups is 2. The van der Waals surface area contributed by atoms with E-state index in [1.807, 2.05) is 20.8 Å². The van der Waals surface area contributed by atoms with Gasteiger partial charge in [-0.1, -0.05) is 23.5 Å². The maximum atomic E-state index is 15.0. The van der Waals surface area contributed by atoms with Gasteiger partial charge in [-0.2, -0.15) is 5.10 Å². The summed E-state index contributed by atoms with van der Waals surface area (Å²) >= 11 is 1.32. The number of hydrogen-bond acceptors (Lipinski definition) is 8. The average molecular weight is 591 g/mol. The third kappa shape index (κ3) is 5.56. The largest absolute Gasteiger partial charge is 0.444 e. The van der Waals surface area contributed by atoms with Gasteiger partial charge < -0.3 is 15.0 Å². The number of para-hydroxylation sites is 1. The Morgan fingerprint density at radius 3 is 2.71 bits per heavy atom. The maximum Gasteiger partial charge on any atom is 0.410 e. The van der Waals surface area contributed by atoms with Gasteiger partial charge in [0.05, 0.1) is 28.0 Å². The summed E-state index contributed by atoms with van der Waals surface area (Å²) < 4.78 is 22.1. The number of anilines is 1. The van der Waals surface area contributed by atoms with Crippen molar-refractivity contribution in [1.29, 1.82) is 0 Å². The molecule has 0 spiro atoms. The Labute approximate surface area is 246 Å². The van der Waals surface area contributed by atoms with E-state index in [4.69, 9.17) is 14.8 Å². The Bertz CT molecular complexity index is 1630. The van der Waals surface area contributed by atoms with Crippen LogP contribution in [0.4, 0.5) is 19.1 Å². The number of likely N-dealkylation sites (tertiary alicyclic amines) is 1. The van der Waals surface area contributed by atoms with Crippen molar-refractivity contribution in [1.82, 2.24) is 34.9 Å². The second-order valence-electron chi connectivity index (χ2n) is 11.3. The lowest BCUT2D eigenvalue weighted by atomic mass is 9.96. The third-order valence-electron chi connectivity index (χ3n) is 7.15. The monoisotopic (exact) mass is 590 g/mol. The van der Waals surface area contributed by atoms with Crippen molar-refractivity contribution in [2.75, 3.05) is 18.4 Å². The van der Waals surface area contributed by atoms with Crippen molar-refractivity contribution in [2.45, 2.75) is 58.1 Å². The van der Waals surface area contributed by atoms with Gasteiger partial charge in [0.15, 0.2) is 5.13 Å². The molecule has 0 radical (unpaired) electrons. The molecule has 6 rings (SSSR count). The smallest absolute Gasteiger partial charge is 0.410 e. The molecule has 3 amide bonds. The van der Waals surface area contributed by atoms with E-state index in [0.717, 1.165) is 40.2 Å². The fourth-order valence-electron chi connectivity index (χ4n) is 5.34. The molecule has 13 heteroatoms.